The number of benzene rings is 1. The molecular formula is C14H13ClN2O4. The summed E-state index contributed by atoms with van der Waals surface area (Å²) in [7, 11) is 2.99. The van der Waals surface area contributed by atoms with E-state index in [2.05, 4.69) is 10.3 Å². The summed E-state index contributed by atoms with van der Waals surface area (Å²) in [6.07, 6.45) is 2.76. The van der Waals surface area contributed by atoms with E-state index in [1.54, 1.807) is 18.2 Å². The SMILES string of the molecule is COc1cc(Nc2ccncc2C(=O)O)c(OC)cc1Cl. The van der Waals surface area contributed by atoms with Gasteiger partial charge in [0.05, 0.1) is 30.6 Å². The number of nitrogens with one attached hydrogen (secondary N) is 1. The van der Waals surface area contributed by atoms with Gasteiger partial charge in [0.2, 0.25) is 0 Å². The number of ether oxygens (including phenoxy) is 2. The van der Waals surface area contributed by atoms with Crippen LogP contribution in [0.2, 0.25) is 5.02 Å². The number of aromatic nitrogens is 1. The number of pyridine rings is 1. The fourth-order valence-corrected chi connectivity index (χ4v) is 2.01. The maximum Gasteiger partial charge on any atom is 0.339 e. The van der Waals surface area contributed by atoms with Crippen LogP contribution in [0.15, 0.2) is 30.6 Å². The standard InChI is InChI=1S/C14H13ClN2O4/c1-20-12-6-11(13(21-2)5-9(12)15)17-10-3-4-16-7-8(10)14(18)19/h3-7H,1-2H3,(H,16,17)(H,18,19). The van der Waals surface area contributed by atoms with Crippen LogP contribution in [0.5, 0.6) is 11.5 Å². The molecule has 6 nitrogen and oxygen atoms in total. The second kappa shape index (κ2) is 6.32. The number of hydrogen-bond acceptors (Lipinski definition) is 5. The smallest absolute Gasteiger partial charge is 0.339 e. The molecule has 0 saturated carbocycles. The first-order valence-corrected chi connectivity index (χ1v) is 6.30. The molecule has 0 fully saturated rings. The van der Waals surface area contributed by atoms with Gasteiger partial charge < -0.3 is 19.9 Å². The lowest BCUT2D eigenvalue weighted by Crippen LogP contribution is -2.04. The van der Waals surface area contributed by atoms with E-state index in [0.717, 1.165) is 0 Å². The van der Waals surface area contributed by atoms with E-state index in [-0.39, 0.29) is 5.56 Å². The van der Waals surface area contributed by atoms with E-state index >= 15 is 0 Å². The summed E-state index contributed by atoms with van der Waals surface area (Å²) in [4.78, 5) is 15.0. The molecule has 7 heteroatoms. The molecule has 0 atom stereocenters. The lowest BCUT2D eigenvalue weighted by molar-refractivity contribution is 0.0697. The Morgan fingerprint density at radius 3 is 2.57 bits per heavy atom. The Hall–Kier alpha value is -2.47. The molecule has 2 aromatic rings. The molecular weight excluding hydrogens is 296 g/mol. The van der Waals surface area contributed by atoms with Crippen LogP contribution in [0.3, 0.4) is 0 Å². The van der Waals surface area contributed by atoms with E-state index in [1.807, 2.05) is 0 Å². The first kappa shape index (κ1) is 14.9. The summed E-state index contributed by atoms with van der Waals surface area (Å²) < 4.78 is 10.4. The van der Waals surface area contributed by atoms with Crippen LogP contribution in [-0.2, 0) is 0 Å². The lowest BCUT2D eigenvalue weighted by atomic mass is 10.2. The number of carboxylic acid groups (broad SMARTS) is 1. The van der Waals surface area contributed by atoms with Crippen LogP contribution < -0.4 is 14.8 Å². The summed E-state index contributed by atoms with van der Waals surface area (Å²) in [5.74, 6) is -0.162. The molecule has 1 aromatic heterocycles. The molecule has 0 aliphatic carbocycles. The monoisotopic (exact) mass is 308 g/mol. The second-order valence-corrected chi connectivity index (χ2v) is 4.45. The summed E-state index contributed by atoms with van der Waals surface area (Å²) in [5, 5.41) is 12.5. The molecule has 2 rings (SSSR count). The van der Waals surface area contributed by atoms with Crippen molar-refractivity contribution in [2.45, 2.75) is 0 Å². The molecule has 0 aliphatic rings. The molecule has 2 N–H and O–H groups in total. The number of methoxy groups -OCH3 is 2. The molecule has 0 radical (unpaired) electrons. The second-order valence-electron chi connectivity index (χ2n) is 4.04. The van der Waals surface area contributed by atoms with Crippen molar-refractivity contribution in [3.63, 3.8) is 0 Å². The van der Waals surface area contributed by atoms with Gasteiger partial charge in [-0.3, -0.25) is 4.98 Å². The number of rotatable bonds is 5. The first-order chi connectivity index (χ1) is 10.1. The van der Waals surface area contributed by atoms with Crippen molar-refractivity contribution in [1.29, 1.82) is 0 Å². The number of nitrogens with zero attached hydrogens (tertiary/aromatic N) is 1. The van der Waals surface area contributed by atoms with E-state index in [1.165, 1.54) is 26.6 Å². The van der Waals surface area contributed by atoms with Crippen LogP contribution >= 0.6 is 11.6 Å². The molecule has 0 unspecified atom stereocenters. The maximum atomic E-state index is 11.2. The van der Waals surface area contributed by atoms with Gasteiger partial charge in [-0.05, 0) is 6.07 Å². The highest BCUT2D eigenvalue weighted by Crippen LogP contribution is 2.37. The zero-order valence-electron chi connectivity index (χ0n) is 11.4. The number of hydrogen-bond donors (Lipinski definition) is 2. The molecule has 0 bridgehead atoms. The Bertz CT molecular complexity index is 676. The third-order valence-electron chi connectivity index (χ3n) is 2.79. The highest BCUT2D eigenvalue weighted by atomic mass is 35.5. The van der Waals surface area contributed by atoms with Crippen molar-refractivity contribution in [3.8, 4) is 11.5 Å². The lowest BCUT2D eigenvalue weighted by Gasteiger charge is -2.15. The minimum Gasteiger partial charge on any atom is -0.495 e. The Labute approximate surface area is 126 Å². The van der Waals surface area contributed by atoms with Gasteiger partial charge in [-0.2, -0.15) is 0 Å². The highest BCUT2D eigenvalue weighted by molar-refractivity contribution is 6.32. The minimum absolute atomic E-state index is 0.0495. The highest BCUT2D eigenvalue weighted by Gasteiger charge is 2.14. The summed E-state index contributed by atoms with van der Waals surface area (Å²) >= 11 is 6.03. The van der Waals surface area contributed by atoms with Crippen molar-refractivity contribution in [2.75, 3.05) is 19.5 Å². The minimum atomic E-state index is -1.08. The third kappa shape index (κ3) is 3.17. The van der Waals surface area contributed by atoms with Crippen molar-refractivity contribution in [3.05, 3.63) is 41.2 Å². The van der Waals surface area contributed by atoms with E-state index in [0.29, 0.717) is 27.9 Å². The molecule has 0 spiro atoms. The number of aromatic carboxylic acids is 1. The van der Waals surface area contributed by atoms with Gasteiger partial charge in [0.15, 0.2) is 0 Å². The molecule has 1 heterocycles. The van der Waals surface area contributed by atoms with Crippen LogP contribution in [0.1, 0.15) is 10.4 Å². The zero-order chi connectivity index (χ0) is 15.4. The Balaban J connectivity index is 2.46. The molecule has 0 aliphatic heterocycles. The molecule has 0 amide bonds. The quantitative estimate of drug-likeness (QED) is 0.883. The fourth-order valence-electron chi connectivity index (χ4n) is 1.78. The number of carbonyl (C=O) groups is 1. The molecule has 21 heavy (non-hydrogen) atoms. The van der Waals surface area contributed by atoms with Crippen molar-refractivity contribution in [2.24, 2.45) is 0 Å². The van der Waals surface area contributed by atoms with Crippen LogP contribution in [0.4, 0.5) is 11.4 Å². The topological polar surface area (TPSA) is 80.7 Å². The average molecular weight is 309 g/mol. The number of carboxylic acids is 1. The Morgan fingerprint density at radius 1 is 1.24 bits per heavy atom. The Morgan fingerprint density at radius 2 is 1.95 bits per heavy atom. The normalized spacial score (nSPS) is 10.0. The number of halogens is 1. The maximum absolute atomic E-state index is 11.2. The van der Waals surface area contributed by atoms with Gasteiger partial charge in [0, 0.05) is 24.5 Å². The molecule has 110 valence electrons. The van der Waals surface area contributed by atoms with E-state index < -0.39 is 5.97 Å². The summed E-state index contributed by atoms with van der Waals surface area (Å²) in [6.45, 7) is 0. The van der Waals surface area contributed by atoms with Gasteiger partial charge in [-0.1, -0.05) is 11.6 Å². The van der Waals surface area contributed by atoms with Crippen LogP contribution in [0, 0.1) is 0 Å². The third-order valence-corrected chi connectivity index (χ3v) is 3.09. The van der Waals surface area contributed by atoms with Crippen molar-refractivity contribution >= 4 is 28.9 Å². The largest absolute Gasteiger partial charge is 0.495 e. The predicted molar refractivity (Wildman–Crippen MR) is 79.0 cm³/mol. The van der Waals surface area contributed by atoms with Gasteiger partial charge in [0.25, 0.3) is 0 Å². The molecule has 0 saturated heterocycles. The fraction of sp³-hybridized carbons (Fsp3) is 0.143. The van der Waals surface area contributed by atoms with Gasteiger partial charge in [0.1, 0.15) is 17.1 Å². The van der Waals surface area contributed by atoms with Crippen LogP contribution in [0.25, 0.3) is 0 Å². The Kier molecular flexibility index (Phi) is 4.49. The van der Waals surface area contributed by atoms with Crippen molar-refractivity contribution in [1.82, 2.24) is 4.98 Å². The van der Waals surface area contributed by atoms with Crippen LogP contribution in [-0.4, -0.2) is 30.3 Å². The zero-order valence-corrected chi connectivity index (χ0v) is 12.1. The number of anilines is 2. The van der Waals surface area contributed by atoms with Gasteiger partial charge in [-0.15, -0.1) is 0 Å². The predicted octanol–water partition coefficient (Wildman–Crippen LogP) is 3.19. The van der Waals surface area contributed by atoms with Gasteiger partial charge >= 0.3 is 5.97 Å². The molecule has 1 aromatic carbocycles. The average Bonchev–Trinajstić information content (AvgIpc) is 2.48. The summed E-state index contributed by atoms with van der Waals surface area (Å²) in [6, 6.07) is 4.78. The van der Waals surface area contributed by atoms with Crippen molar-refractivity contribution < 1.29 is 19.4 Å². The van der Waals surface area contributed by atoms with Gasteiger partial charge in [-0.25, -0.2) is 4.79 Å². The van der Waals surface area contributed by atoms with E-state index in [9.17, 15) is 4.79 Å². The first-order valence-electron chi connectivity index (χ1n) is 5.92. The van der Waals surface area contributed by atoms with E-state index in [4.69, 9.17) is 26.2 Å². The summed E-state index contributed by atoms with van der Waals surface area (Å²) in [5.41, 5.74) is 0.973.